The van der Waals surface area contributed by atoms with Gasteiger partial charge in [-0.1, -0.05) is 87.1 Å². The van der Waals surface area contributed by atoms with Gasteiger partial charge < -0.3 is 4.74 Å². The van der Waals surface area contributed by atoms with Crippen LogP contribution in [-0.4, -0.2) is 11.4 Å². The molecule has 0 spiro atoms. The molecule has 3 heteroatoms. The molecule has 2 aromatic rings. The lowest BCUT2D eigenvalue weighted by atomic mass is 9.84. The first kappa shape index (κ1) is 18.8. The van der Waals surface area contributed by atoms with Gasteiger partial charge in [0.2, 0.25) is 0 Å². The number of hydrogen-bond acceptors (Lipinski definition) is 3. The van der Waals surface area contributed by atoms with Crippen molar-refractivity contribution < 1.29 is 9.53 Å². The minimum atomic E-state index is -0.106. The maximum atomic E-state index is 12.3. The number of allylic oxidation sites excluding steroid dienone is 1. The lowest BCUT2D eigenvalue weighted by Gasteiger charge is -2.30. The Morgan fingerprint density at radius 3 is 2.23 bits per heavy atom. The molecule has 0 saturated heterocycles. The molecule has 136 valence electrons. The zero-order valence-corrected chi connectivity index (χ0v) is 16.7. The van der Waals surface area contributed by atoms with Crippen LogP contribution in [0.1, 0.15) is 55.9 Å². The molecule has 0 aromatic heterocycles. The van der Waals surface area contributed by atoms with Crippen molar-refractivity contribution in [2.75, 3.05) is 6.26 Å². The Morgan fingerprint density at radius 2 is 1.65 bits per heavy atom. The van der Waals surface area contributed by atoms with E-state index in [0.29, 0.717) is 5.76 Å². The van der Waals surface area contributed by atoms with Gasteiger partial charge >= 0.3 is 0 Å². The third kappa shape index (κ3) is 4.21. The average Bonchev–Trinajstić information content (AvgIpc) is 2.67. The Kier molecular flexibility index (Phi) is 5.57. The molecule has 2 nitrogen and oxygen atoms in total. The van der Waals surface area contributed by atoms with Crippen LogP contribution in [0.15, 0.2) is 66.4 Å². The van der Waals surface area contributed by atoms with Gasteiger partial charge in [-0.2, -0.15) is 0 Å². The van der Waals surface area contributed by atoms with Crippen LogP contribution in [0.2, 0.25) is 0 Å². The summed E-state index contributed by atoms with van der Waals surface area (Å²) in [5.74, 6) is 0.658. The molecule has 0 saturated carbocycles. The zero-order chi connectivity index (χ0) is 18.7. The summed E-state index contributed by atoms with van der Waals surface area (Å²) in [5.41, 5.74) is 3.77. The standard InChI is InChI=1S/C23H26O2S/c1-23(2,3)19-12-10-17(11-13-19)20-14-18(16-8-6-5-7-9-16)15-21(25-20)22(24)26-4/h5-13,15,18,20H,14H2,1-4H3/t18-,20-/m1/s1. The third-order valence-electron chi connectivity index (χ3n) is 4.85. The summed E-state index contributed by atoms with van der Waals surface area (Å²) in [6.45, 7) is 6.63. The fourth-order valence-electron chi connectivity index (χ4n) is 3.27. The van der Waals surface area contributed by atoms with Gasteiger partial charge in [-0.3, -0.25) is 4.79 Å². The van der Waals surface area contributed by atoms with E-state index in [9.17, 15) is 4.79 Å². The number of carbonyl (C=O) groups excluding carboxylic acids is 1. The molecule has 0 radical (unpaired) electrons. The van der Waals surface area contributed by atoms with E-state index in [4.69, 9.17) is 4.74 Å². The predicted octanol–water partition coefficient (Wildman–Crippen LogP) is 6.00. The van der Waals surface area contributed by atoms with Crippen LogP contribution in [0.5, 0.6) is 0 Å². The van der Waals surface area contributed by atoms with Crippen LogP contribution in [0.25, 0.3) is 0 Å². The predicted molar refractivity (Wildman–Crippen MR) is 109 cm³/mol. The lowest BCUT2D eigenvalue weighted by molar-refractivity contribution is -0.112. The van der Waals surface area contributed by atoms with Gasteiger partial charge in [-0.05, 0) is 40.9 Å². The number of benzene rings is 2. The van der Waals surface area contributed by atoms with Gasteiger partial charge in [0.05, 0.1) is 0 Å². The topological polar surface area (TPSA) is 26.3 Å². The van der Waals surface area contributed by atoms with Gasteiger partial charge in [0, 0.05) is 5.92 Å². The van der Waals surface area contributed by atoms with Gasteiger partial charge in [0.1, 0.15) is 6.10 Å². The molecule has 2 aromatic carbocycles. The minimum absolute atomic E-state index is 0.0121. The molecule has 1 heterocycles. The van der Waals surface area contributed by atoms with Crippen molar-refractivity contribution in [2.24, 2.45) is 0 Å². The summed E-state index contributed by atoms with van der Waals surface area (Å²) in [5, 5.41) is -0.0121. The first-order valence-corrected chi connectivity index (χ1v) is 10.2. The molecule has 0 bridgehead atoms. The second-order valence-electron chi connectivity index (χ2n) is 7.75. The highest BCUT2D eigenvalue weighted by molar-refractivity contribution is 8.13. The van der Waals surface area contributed by atoms with Crippen LogP contribution in [0, 0.1) is 0 Å². The van der Waals surface area contributed by atoms with Crippen molar-refractivity contribution >= 4 is 16.9 Å². The van der Waals surface area contributed by atoms with E-state index < -0.39 is 0 Å². The Bertz CT molecular complexity index is 785. The van der Waals surface area contributed by atoms with E-state index in [1.807, 2.05) is 24.3 Å². The van der Waals surface area contributed by atoms with E-state index in [0.717, 1.165) is 12.0 Å². The molecule has 3 rings (SSSR count). The molecule has 2 atom stereocenters. The molecule has 0 amide bonds. The molecule has 0 aliphatic carbocycles. The second kappa shape index (κ2) is 7.71. The van der Waals surface area contributed by atoms with Crippen molar-refractivity contribution in [3.05, 3.63) is 83.1 Å². The molecule has 0 unspecified atom stereocenters. The Balaban J connectivity index is 1.91. The van der Waals surface area contributed by atoms with Crippen LogP contribution in [0.4, 0.5) is 0 Å². The van der Waals surface area contributed by atoms with Crippen molar-refractivity contribution in [1.29, 1.82) is 0 Å². The minimum Gasteiger partial charge on any atom is -0.481 e. The van der Waals surface area contributed by atoms with Crippen LogP contribution in [-0.2, 0) is 14.9 Å². The summed E-state index contributed by atoms with van der Waals surface area (Å²) in [6.07, 6.45) is 4.51. The highest BCUT2D eigenvalue weighted by Gasteiger charge is 2.29. The molecule has 26 heavy (non-hydrogen) atoms. The monoisotopic (exact) mass is 366 g/mol. The number of thioether (sulfide) groups is 1. The highest BCUT2D eigenvalue weighted by Crippen LogP contribution is 2.39. The fraction of sp³-hybridized carbons (Fsp3) is 0.348. The molecular formula is C23H26O2S. The smallest absolute Gasteiger partial charge is 0.253 e. The number of hydrogen-bond donors (Lipinski definition) is 0. The fourth-order valence-corrected chi connectivity index (χ4v) is 3.59. The quantitative estimate of drug-likeness (QED) is 0.666. The number of carbonyl (C=O) groups is 1. The summed E-state index contributed by atoms with van der Waals surface area (Å²) in [7, 11) is 0. The van der Waals surface area contributed by atoms with E-state index in [2.05, 4.69) is 57.2 Å². The van der Waals surface area contributed by atoms with Crippen LogP contribution < -0.4 is 0 Å². The lowest BCUT2D eigenvalue weighted by Crippen LogP contribution is -2.18. The first-order valence-electron chi connectivity index (χ1n) is 9.00. The molecule has 1 aliphatic heterocycles. The Morgan fingerprint density at radius 1 is 1.00 bits per heavy atom. The molecular weight excluding hydrogens is 340 g/mol. The highest BCUT2D eigenvalue weighted by atomic mass is 32.2. The summed E-state index contributed by atoms with van der Waals surface area (Å²) >= 11 is 1.20. The van der Waals surface area contributed by atoms with Crippen LogP contribution in [0.3, 0.4) is 0 Å². The Labute approximate surface area is 160 Å². The second-order valence-corrected chi connectivity index (χ2v) is 8.53. The van der Waals surface area contributed by atoms with E-state index >= 15 is 0 Å². The van der Waals surface area contributed by atoms with Crippen molar-refractivity contribution in [2.45, 2.75) is 44.6 Å². The van der Waals surface area contributed by atoms with Gasteiger partial charge in [0.25, 0.3) is 5.12 Å². The maximum Gasteiger partial charge on any atom is 0.253 e. The molecule has 0 N–H and O–H groups in total. The number of rotatable bonds is 3. The molecule has 1 aliphatic rings. The van der Waals surface area contributed by atoms with Gasteiger partial charge in [0.15, 0.2) is 5.76 Å². The van der Waals surface area contributed by atoms with Crippen molar-refractivity contribution in [3.63, 3.8) is 0 Å². The normalized spacial score (nSPS) is 20.2. The van der Waals surface area contributed by atoms with E-state index in [1.165, 1.54) is 22.9 Å². The van der Waals surface area contributed by atoms with Gasteiger partial charge in [-0.15, -0.1) is 0 Å². The zero-order valence-electron chi connectivity index (χ0n) is 15.9. The summed E-state index contributed by atoms with van der Waals surface area (Å²) in [4.78, 5) is 12.3. The Hall–Kier alpha value is -2.00. The van der Waals surface area contributed by atoms with E-state index in [-0.39, 0.29) is 22.6 Å². The summed E-state index contributed by atoms with van der Waals surface area (Å²) < 4.78 is 6.09. The number of ether oxygens (including phenoxy) is 1. The molecule has 0 fully saturated rings. The summed E-state index contributed by atoms with van der Waals surface area (Å²) in [6, 6.07) is 19.0. The SMILES string of the molecule is CSC(=O)C1=C[C@H](c2ccccc2)C[C@H](c2ccc(C(C)(C)C)cc2)O1. The van der Waals surface area contributed by atoms with Gasteiger partial charge in [-0.25, -0.2) is 0 Å². The third-order valence-corrected chi connectivity index (χ3v) is 5.42. The van der Waals surface area contributed by atoms with Crippen molar-refractivity contribution in [3.8, 4) is 0 Å². The van der Waals surface area contributed by atoms with Crippen LogP contribution >= 0.6 is 11.8 Å². The first-order chi connectivity index (χ1) is 12.4. The maximum absolute atomic E-state index is 12.3. The average molecular weight is 367 g/mol. The van der Waals surface area contributed by atoms with Crippen molar-refractivity contribution in [1.82, 2.24) is 0 Å². The largest absolute Gasteiger partial charge is 0.481 e. The van der Waals surface area contributed by atoms with E-state index in [1.54, 1.807) is 6.26 Å².